The second-order valence-corrected chi connectivity index (χ2v) is 7.61. The number of rotatable bonds is 6. The van der Waals surface area contributed by atoms with Crippen molar-refractivity contribution < 1.29 is 13.2 Å². The molecule has 1 atom stereocenters. The number of carbonyl (C=O) groups excluding carboxylic acids is 1. The zero-order valence-electron chi connectivity index (χ0n) is 12.2. The molecule has 21 heavy (non-hydrogen) atoms. The molecule has 118 valence electrons. The van der Waals surface area contributed by atoms with Gasteiger partial charge in [-0.05, 0) is 19.3 Å². The minimum absolute atomic E-state index is 0.378. The van der Waals surface area contributed by atoms with Gasteiger partial charge in [0.15, 0.2) is 5.13 Å². The van der Waals surface area contributed by atoms with Gasteiger partial charge in [-0.15, -0.1) is 11.3 Å². The number of nitrogens with zero attached hydrogens (tertiary/aromatic N) is 3. The van der Waals surface area contributed by atoms with Gasteiger partial charge in [-0.25, -0.2) is 9.71 Å². The summed E-state index contributed by atoms with van der Waals surface area (Å²) in [6.45, 7) is 2.98. The van der Waals surface area contributed by atoms with Gasteiger partial charge in [0.05, 0.1) is 0 Å². The first-order valence-corrected chi connectivity index (χ1v) is 9.21. The summed E-state index contributed by atoms with van der Waals surface area (Å²) >= 11 is 1.45. The van der Waals surface area contributed by atoms with Gasteiger partial charge >= 0.3 is 10.2 Å². The minimum Gasteiger partial charge on any atom is -0.336 e. The van der Waals surface area contributed by atoms with E-state index in [-0.39, 0.29) is 0 Å². The van der Waals surface area contributed by atoms with Crippen molar-refractivity contribution in [1.82, 2.24) is 14.0 Å². The van der Waals surface area contributed by atoms with Gasteiger partial charge in [-0.2, -0.15) is 12.7 Å². The Labute approximate surface area is 129 Å². The van der Waals surface area contributed by atoms with Crippen LogP contribution in [0.4, 0.5) is 5.13 Å². The normalized spacial score (nSPS) is 19.2. The molecule has 0 spiro atoms. The molecule has 1 saturated heterocycles. The Kier molecular flexibility index (Phi) is 5.17. The van der Waals surface area contributed by atoms with Crippen LogP contribution in [0.2, 0.25) is 0 Å². The van der Waals surface area contributed by atoms with Gasteiger partial charge < -0.3 is 4.90 Å². The number of aromatic nitrogens is 1. The Balaban J connectivity index is 2.06. The summed E-state index contributed by atoms with van der Waals surface area (Å²) in [5, 5.41) is 2.60. The number of carbonyl (C=O) groups is 1. The fourth-order valence-corrected chi connectivity index (χ4v) is 4.02. The Hall–Kier alpha value is -1.19. The van der Waals surface area contributed by atoms with Gasteiger partial charge in [0.25, 0.3) is 5.91 Å². The van der Waals surface area contributed by atoms with Crippen molar-refractivity contribution in [2.75, 3.05) is 25.0 Å². The van der Waals surface area contributed by atoms with Crippen molar-refractivity contribution in [2.24, 2.45) is 0 Å². The molecule has 1 N–H and O–H groups in total. The van der Waals surface area contributed by atoms with E-state index in [2.05, 4.69) is 9.71 Å². The van der Waals surface area contributed by atoms with Crippen molar-refractivity contribution in [3.05, 3.63) is 11.6 Å². The fourth-order valence-electron chi connectivity index (χ4n) is 2.33. The molecule has 1 amide bonds. The zero-order chi connectivity index (χ0) is 15.5. The topological polar surface area (TPSA) is 82.6 Å². The van der Waals surface area contributed by atoms with E-state index in [1.165, 1.54) is 18.4 Å². The Morgan fingerprint density at radius 1 is 1.62 bits per heavy atom. The Bertz CT molecular complexity index is 573. The summed E-state index contributed by atoms with van der Waals surface area (Å²) < 4.78 is 27.4. The van der Waals surface area contributed by atoms with Gasteiger partial charge in [-0.3, -0.25) is 4.79 Å². The van der Waals surface area contributed by atoms with Crippen LogP contribution in [0.25, 0.3) is 0 Å². The number of anilines is 1. The first-order chi connectivity index (χ1) is 9.95. The summed E-state index contributed by atoms with van der Waals surface area (Å²) in [5.41, 5.74) is 0. The average Bonchev–Trinajstić information content (AvgIpc) is 3.09. The predicted octanol–water partition coefficient (Wildman–Crippen LogP) is 0.815. The molecule has 9 heteroatoms. The molecule has 0 unspecified atom stereocenters. The summed E-state index contributed by atoms with van der Waals surface area (Å²) in [4.78, 5) is 18.4. The van der Waals surface area contributed by atoms with E-state index >= 15 is 0 Å². The van der Waals surface area contributed by atoms with Crippen LogP contribution in [-0.2, 0) is 15.0 Å². The van der Waals surface area contributed by atoms with Gasteiger partial charge in [0.2, 0.25) is 0 Å². The molecular weight excluding hydrogens is 312 g/mol. The molecule has 0 aromatic carbocycles. The van der Waals surface area contributed by atoms with E-state index in [4.69, 9.17) is 0 Å². The third-order valence-electron chi connectivity index (χ3n) is 3.40. The first-order valence-electron chi connectivity index (χ1n) is 6.89. The van der Waals surface area contributed by atoms with Crippen LogP contribution in [0.1, 0.15) is 26.2 Å². The van der Waals surface area contributed by atoms with Crippen LogP contribution >= 0.6 is 11.3 Å². The highest BCUT2D eigenvalue weighted by Crippen LogP contribution is 2.27. The van der Waals surface area contributed by atoms with Crippen LogP contribution in [-0.4, -0.2) is 49.8 Å². The molecule has 1 aromatic heterocycles. The average molecular weight is 332 g/mol. The number of amides is 1. The molecule has 0 radical (unpaired) electrons. The second kappa shape index (κ2) is 6.71. The summed E-state index contributed by atoms with van der Waals surface area (Å²) in [6.07, 6.45) is 3.86. The molecule has 7 nitrogen and oxygen atoms in total. The smallest absolute Gasteiger partial charge is 0.303 e. The van der Waals surface area contributed by atoms with E-state index in [0.29, 0.717) is 19.4 Å². The number of nitrogens with one attached hydrogen (secondary N) is 1. The SMILES string of the molecule is CCCN(C)S(=O)(=O)NC(=O)[C@@H]1CCCN1c1nccs1. The summed E-state index contributed by atoms with van der Waals surface area (Å²) in [7, 11) is -2.30. The Morgan fingerprint density at radius 3 is 3.00 bits per heavy atom. The highest BCUT2D eigenvalue weighted by atomic mass is 32.2. The molecule has 1 aliphatic heterocycles. The van der Waals surface area contributed by atoms with Crippen LogP contribution in [0.3, 0.4) is 0 Å². The van der Waals surface area contributed by atoms with Crippen molar-refractivity contribution >= 4 is 32.6 Å². The van der Waals surface area contributed by atoms with Crippen molar-refractivity contribution in [3.63, 3.8) is 0 Å². The molecule has 0 saturated carbocycles. The summed E-state index contributed by atoms with van der Waals surface area (Å²) in [6, 6.07) is -0.471. The lowest BCUT2D eigenvalue weighted by molar-refractivity contribution is -0.120. The zero-order valence-corrected chi connectivity index (χ0v) is 13.8. The van der Waals surface area contributed by atoms with Crippen LogP contribution in [0.15, 0.2) is 11.6 Å². The van der Waals surface area contributed by atoms with Crippen LogP contribution in [0, 0.1) is 0 Å². The maximum Gasteiger partial charge on any atom is 0.303 e. The molecular formula is C12H20N4O3S2. The van der Waals surface area contributed by atoms with E-state index in [1.54, 1.807) is 6.20 Å². The number of hydrogen-bond acceptors (Lipinski definition) is 6. The van der Waals surface area contributed by atoms with Crippen LogP contribution in [0.5, 0.6) is 0 Å². The lowest BCUT2D eigenvalue weighted by Gasteiger charge is -2.24. The second-order valence-electron chi connectivity index (χ2n) is 4.96. The van der Waals surface area contributed by atoms with E-state index in [0.717, 1.165) is 22.4 Å². The summed E-state index contributed by atoms with van der Waals surface area (Å²) in [5.74, 6) is -0.481. The lowest BCUT2D eigenvalue weighted by atomic mass is 10.2. The molecule has 1 aromatic rings. The molecule has 0 bridgehead atoms. The molecule has 1 aliphatic rings. The van der Waals surface area contributed by atoms with Crippen molar-refractivity contribution in [1.29, 1.82) is 0 Å². The number of thiazole rings is 1. The third-order valence-corrected chi connectivity index (χ3v) is 5.67. The monoisotopic (exact) mass is 332 g/mol. The third kappa shape index (κ3) is 3.72. The van der Waals surface area contributed by atoms with E-state index in [9.17, 15) is 13.2 Å². The number of hydrogen-bond donors (Lipinski definition) is 1. The standard InChI is InChI=1S/C12H20N4O3S2/c1-3-7-15(2)21(18,19)14-11(17)10-5-4-8-16(10)12-13-6-9-20-12/h6,9-10H,3-5,7-8H2,1-2H3,(H,14,17)/t10-/m0/s1. The van der Waals surface area contributed by atoms with Gasteiger partial charge in [0, 0.05) is 31.7 Å². The van der Waals surface area contributed by atoms with Crippen LogP contribution < -0.4 is 9.62 Å². The molecule has 1 fully saturated rings. The maximum atomic E-state index is 12.3. The highest BCUT2D eigenvalue weighted by molar-refractivity contribution is 7.87. The molecule has 0 aliphatic carbocycles. The maximum absolute atomic E-state index is 12.3. The van der Waals surface area contributed by atoms with E-state index < -0.39 is 22.2 Å². The largest absolute Gasteiger partial charge is 0.336 e. The highest BCUT2D eigenvalue weighted by Gasteiger charge is 2.34. The van der Waals surface area contributed by atoms with E-state index in [1.807, 2.05) is 17.2 Å². The first kappa shape index (κ1) is 16.2. The molecule has 2 rings (SSSR count). The van der Waals surface area contributed by atoms with Crippen molar-refractivity contribution in [2.45, 2.75) is 32.2 Å². The van der Waals surface area contributed by atoms with Gasteiger partial charge in [0.1, 0.15) is 6.04 Å². The van der Waals surface area contributed by atoms with Crippen molar-refractivity contribution in [3.8, 4) is 0 Å². The lowest BCUT2D eigenvalue weighted by Crippen LogP contribution is -2.49. The quantitative estimate of drug-likeness (QED) is 0.834. The Morgan fingerprint density at radius 2 is 2.38 bits per heavy atom. The fraction of sp³-hybridized carbons (Fsp3) is 0.667. The minimum atomic E-state index is -3.76. The van der Waals surface area contributed by atoms with Gasteiger partial charge in [-0.1, -0.05) is 6.92 Å². The molecule has 2 heterocycles. The predicted molar refractivity (Wildman–Crippen MR) is 82.5 cm³/mol.